The number of nitrogen functional groups attached to an aromatic ring is 1. The molecule has 2 fully saturated rings. The summed E-state index contributed by atoms with van der Waals surface area (Å²) in [5, 5.41) is 60.7. The van der Waals surface area contributed by atoms with Crippen LogP contribution >= 0.6 is 15.6 Å². The summed E-state index contributed by atoms with van der Waals surface area (Å²) in [5.74, 6) is -2.44. The van der Waals surface area contributed by atoms with Gasteiger partial charge in [-0.15, -0.1) is 0 Å². The summed E-state index contributed by atoms with van der Waals surface area (Å²) in [6.45, 7) is -1.14. The Hall–Kier alpha value is 0.600. The second-order valence-corrected chi connectivity index (χ2v) is 11.3. The quantitative estimate of drug-likeness (QED) is 0.0951. The van der Waals surface area contributed by atoms with E-state index >= 15 is 0 Å². The number of anilines is 1. The number of hydrogen-bond donors (Lipinski definition) is 7. The van der Waals surface area contributed by atoms with Crippen molar-refractivity contribution >= 4 is 38.7 Å². The molecule has 0 saturated carbocycles. The minimum absolute atomic E-state index is 0. The molecule has 8 N–H and O–H groups in total. The van der Waals surface area contributed by atoms with Crippen LogP contribution in [0.25, 0.3) is 11.2 Å². The monoisotopic (exact) mass is 685 g/mol. The number of aromatic amines is 1. The van der Waals surface area contributed by atoms with Crippen LogP contribution in [-0.2, 0) is 36.8 Å². The summed E-state index contributed by atoms with van der Waals surface area (Å²) in [4.78, 5) is 57.0. The molecule has 4 rings (SSSR count). The third-order valence-electron chi connectivity index (χ3n) is 5.69. The number of phosphoric ester groups is 2. The first kappa shape index (κ1) is 41.6. The van der Waals surface area contributed by atoms with E-state index in [4.69, 9.17) is 10.5 Å². The molecule has 11 atom stereocenters. The van der Waals surface area contributed by atoms with Gasteiger partial charge in [-0.05, 0) is 0 Å². The first-order valence-electron chi connectivity index (χ1n) is 10.8. The maximum Gasteiger partial charge on any atom is 1.00 e. The predicted molar refractivity (Wildman–Crippen MR) is 114 cm³/mol. The van der Waals surface area contributed by atoms with Crippen LogP contribution in [0.4, 0.5) is 5.95 Å². The average molecular weight is 685 g/mol. The van der Waals surface area contributed by atoms with Crippen LogP contribution in [-0.4, -0.2) is 107 Å². The number of rotatable bonds is 9. The number of fused-ring (bicyclic) bond motifs is 1. The van der Waals surface area contributed by atoms with Crippen molar-refractivity contribution in [3.8, 4) is 0 Å². The molecule has 2 aromatic rings. The maximum absolute atomic E-state index is 12.1. The van der Waals surface area contributed by atoms with E-state index in [9.17, 15) is 59.1 Å². The number of nitrogens with two attached hydrogens (primary N) is 1. The Kier molecular flexibility index (Phi) is 15.6. The topological polar surface area (TPSA) is 357 Å². The predicted octanol–water partition coefficient (Wildman–Crippen LogP) is -16.1. The molecule has 0 aliphatic carbocycles. The molecule has 0 amide bonds. The number of imidazole rings is 1. The standard InChI is InChI=1S/C16H23N5O17P2.3Na/c17-16-19-11-4(12(27)20-16)18-2-21(11)13-8(25)5(22)3(35-13)1-34-39(30,31)38-40(32,33)37-15-9(26)6(23)7(24)10(36-15)14(28)29;;;/h2-3,5-10,13,15,22-26H,1H2,(H,28,29)(H,30,31)(H,32,33)(H3,17,19,20,27);;;/q;3*+1/p-3. The Labute approximate surface area is 305 Å². The van der Waals surface area contributed by atoms with Gasteiger partial charge in [0.2, 0.25) is 5.95 Å². The number of carboxylic acids is 1. The minimum atomic E-state index is -6.06. The fraction of sp³-hybridized carbons (Fsp3) is 0.625. The van der Waals surface area contributed by atoms with Crippen LogP contribution < -0.4 is 115 Å². The number of aliphatic carboxylic acids is 1. The second kappa shape index (κ2) is 16.1. The number of carbonyl (C=O) groups is 1. The summed E-state index contributed by atoms with van der Waals surface area (Å²) in [6, 6.07) is 0. The SMILES string of the molecule is Nc1nc2c(ncn2C2OC(COP(=O)([O-])OP(=O)([O-])OC3OC(C(=O)[O-])C(O)C(O)C3O)C(O)C2O)c(=O)[nH]1.[Na+].[Na+].[Na+]. The molecule has 0 aromatic carbocycles. The zero-order valence-corrected chi connectivity index (χ0v) is 30.2. The fourth-order valence-electron chi connectivity index (χ4n) is 3.81. The molecule has 4 heterocycles. The zero-order valence-electron chi connectivity index (χ0n) is 22.4. The molecule has 0 spiro atoms. The molecule has 2 saturated heterocycles. The molecule has 43 heavy (non-hydrogen) atoms. The van der Waals surface area contributed by atoms with Crippen LogP contribution in [0.1, 0.15) is 6.23 Å². The Bertz CT molecular complexity index is 1430. The zero-order chi connectivity index (χ0) is 29.7. The first-order chi connectivity index (χ1) is 18.5. The van der Waals surface area contributed by atoms with Crippen molar-refractivity contribution in [3.63, 3.8) is 0 Å². The van der Waals surface area contributed by atoms with Crippen molar-refractivity contribution in [3.05, 3.63) is 16.7 Å². The number of nitrogens with one attached hydrogen (secondary N) is 1. The molecule has 0 radical (unpaired) electrons. The van der Waals surface area contributed by atoms with E-state index in [2.05, 4.69) is 33.0 Å². The van der Waals surface area contributed by atoms with Crippen LogP contribution in [0.3, 0.4) is 0 Å². The molecular formula is C16H20N5Na3O17P2. The summed E-state index contributed by atoms with van der Waals surface area (Å²) >= 11 is 0. The van der Waals surface area contributed by atoms with Gasteiger partial charge in [0.15, 0.2) is 23.7 Å². The van der Waals surface area contributed by atoms with Crippen LogP contribution in [0.2, 0.25) is 0 Å². The van der Waals surface area contributed by atoms with Gasteiger partial charge in [0, 0.05) is 0 Å². The molecule has 2 aliphatic rings. The van der Waals surface area contributed by atoms with Crippen molar-refractivity contribution in [2.75, 3.05) is 12.3 Å². The fourth-order valence-corrected chi connectivity index (χ4v) is 5.89. The van der Waals surface area contributed by atoms with E-state index in [0.29, 0.717) is 0 Å². The largest absolute Gasteiger partial charge is 1.00 e. The number of aromatic nitrogens is 4. The molecule has 22 nitrogen and oxygen atoms in total. The summed E-state index contributed by atoms with van der Waals surface area (Å²) in [5.41, 5.74) is 4.40. The third-order valence-corrected chi connectivity index (χ3v) is 8.23. The Morgan fingerprint density at radius 2 is 1.65 bits per heavy atom. The second-order valence-electron chi connectivity index (χ2n) is 8.41. The maximum atomic E-state index is 12.1. The van der Waals surface area contributed by atoms with Crippen molar-refractivity contribution in [2.45, 2.75) is 55.2 Å². The van der Waals surface area contributed by atoms with Gasteiger partial charge in [0.1, 0.15) is 42.7 Å². The van der Waals surface area contributed by atoms with Crippen molar-refractivity contribution in [1.82, 2.24) is 19.5 Å². The van der Waals surface area contributed by atoms with E-state index in [1.165, 1.54) is 0 Å². The molecule has 224 valence electrons. The number of phosphoric acid groups is 2. The number of carboxylic acid groups (broad SMARTS) is 1. The number of carbonyl (C=O) groups excluding carboxylic acids is 1. The minimum Gasteiger partial charge on any atom is -0.756 e. The first-order valence-corrected chi connectivity index (χ1v) is 13.7. The average Bonchev–Trinajstić information content (AvgIpc) is 3.38. The van der Waals surface area contributed by atoms with Gasteiger partial charge < -0.3 is 65.0 Å². The van der Waals surface area contributed by atoms with Gasteiger partial charge >= 0.3 is 88.7 Å². The van der Waals surface area contributed by atoms with Crippen molar-refractivity contribution < 1.29 is 166 Å². The Morgan fingerprint density at radius 1 is 1.02 bits per heavy atom. The van der Waals surface area contributed by atoms with Crippen LogP contribution in [0.5, 0.6) is 0 Å². The number of aliphatic hydroxyl groups is 5. The van der Waals surface area contributed by atoms with Gasteiger partial charge in [0.25, 0.3) is 21.2 Å². The van der Waals surface area contributed by atoms with E-state index in [0.717, 1.165) is 10.9 Å². The number of H-pyrrole nitrogens is 1. The van der Waals surface area contributed by atoms with Gasteiger partial charge in [-0.1, -0.05) is 0 Å². The summed E-state index contributed by atoms with van der Waals surface area (Å²) in [7, 11) is -11.9. The number of aliphatic hydroxyl groups excluding tert-OH is 5. The van der Waals surface area contributed by atoms with Crippen molar-refractivity contribution in [2.24, 2.45) is 0 Å². The van der Waals surface area contributed by atoms with E-state index < -0.39 is 89.0 Å². The number of hydrogen-bond acceptors (Lipinski definition) is 20. The van der Waals surface area contributed by atoms with Gasteiger partial charge in [0.05, 0.1) is 18.9 Å². The normalized spacial score (nSPS) is 33.3. The summed E-state index contributed by atoms with van der Waals surface area (Å²) < 4.78 is 47.5. The smallest absolute Gasteiger partial charge is 0.756 e. The molecule has 27 heteroatoms. The molecule has 11 unspecified atom stereocenters. The van der Waals surface area contributed by atoms with Gasteiger partial charge in [-0.3, -0.25) is 28.0 Å². The molecule has 2 aliphatic heterocycles. The Morgan fingerprint density at radius 3 is 2.26 bits per heavy atom. The van der Waals surface area contributed by atoms with Gasteiger partial charge in [-0.25, -0.2) is 9.29 Å². The van der Waals surface area contributed by atoms with E-state index in [-0.39, 0.29) is 106 Å². The molecule has 0 bridgehead atoms. The number of nitrogens with zero attached hydrogens (tertiary/aromatic N) is 3. The Balaban J connectivity index is 0.00000308. The van der Waals surface area contributed by atoms with Crippen molar-refractivity contribution in [1.29, 1.82) is 0 Å². The molecular weight excluding hydrogens is 665 g/mol. The van der Waals surface area contributed by atoms with Crippen LogP contribution in [0.15, 0.2) is 11.1 Å². The number of ether oxygens (including phenoxy) is 2. The van der Waals surface area contributed by atoms with E-state index in [1.54, 1.807) is 0 Å². The van der Waals surface area contributed by atoms with Gasteiger partial charge in [-0.2, -0.15) is 4.98 Å². The van der Waals surface area contributed by atoms with E-state index in [1.807, 2.05) is 0 Å². The summed E-state index contributed by atoms with van der Waals surface area (Å²) in [6.07, 6.45) is -17.6. The van der Waals surface area contributed by atoms with Crippen LogP contribution in [0, 0.1) is 0 Å². The third kappa shape index (κ3) is 9.36. The molecule has 2 aromatic heterocycles.